The topological polar surface area (TPSA) is 75.3 Å². The molecule has 1 aliphatic rings. The molecule has 154 valence electrons. The van der Waals surface area contributed by atoms with E-state index >= 15 is 0 Å². The summed E-state index contributed by atoms with van der Waals surface area (Å²) in [5, 5.41) is 2.98. The van der Waals surface area contributed by atoms with E-state index < -0.39 is 10.0 Å². The molecule has 1 aliphatic carbocycles. The molecule has 0 spiro atoms. The van der Waals surface area contributed by atoms with Crippen molar-refractivity contribution in [3.8, 4) is 0 Å². The SMILES string of the molecule is CC(C)=CC1C(C(=O)NCc2ccccc2NS(=O)(=O)c2ccccc2)C1(C)C. The van der Waals surface area contributed by atoms with Crippen LogP contribution in [0.25, 0.3) is 0 Å². The lowest BCUT2D eigenvalue weighted by molar-refractivity contribution is -0.123. The first-order valence-corrected chi connectivity index (χ1v) is 11.2. The third kappa shape index (κ3) is 4.70. The fraction of sp³-hybridized carbons (Fsp3) is 0.348. The minimum atomic E-state index is -3.69. The summed E-state index contributed by atoms with van der Waals surface area (Å²) in [6, 6.07) is 15.3. The fourth-order valence-corrected chi connectivity index (χ4v) is 4.84. The number of amides is 1. The van der Waals surface area contributed by atoms with E-state index in [1.54, 1.807) is 42.5 Å². The van der Waals surface area contributed by atoms with E-state index in [9.17, 15) is 13.2 Å². The summed E-state index contributed by atoms with van der Waals surface area (Å²) >= 11 is 0. The van der Waals surface area contributed by atoms with Crippen LogP contribution in [0.15, 0.2) is 71.1 Å². The molecule has 0 radical (unpaired) electrons. The monoisotopic (exact) mass is 412 g/mol. The molecule has 0 aliphatic heterocycles. The van der Waals surface area contributed by atoms with Gasteiger partial charge in [0.25, 0.3) is 10.0 Å². The highest BCUT2D eigenvalue weighted by atomic mass is 32.2. The van der Waals surface area contributed by atoms with Gasteiger partial charge in [-0.05, 0) is 48.9 Å². The molecule has 0 aromatic heterocycles. The van der Waals surface area contributed by atoms with Gasteiger partial charge in [0.05, 0.1) is 16.5 Å². The van der Waals surface area contributed by atoms with Gasteiger partial charge in [0.15, 0.2) is 0 Å². The average Bonchev–Trinajstić information content (AvgIpc) is 3.20. The first-order valence-electron chi connectivity index (χ1n) is 9.71. The molecule has 0 heterocycles. The Morgan fingerprint density at radius 2 is 1.66 bits per heavy atom. The molecule has 6 heteroatoms. The second kappa shape index (κ2) is 8.03. The summed E-state index contributed by atoms with van der Waals surface area (Å²) in [4.78, 5) is 12.9. The molecule has 2 atom stereocenters. The largest absolute Gasteiger partial charge is 0.352 e. The molecule has 5 nitrogen and oxygen atoms in total. The van der Waals surface area contributed by atoms with Crippen molar-refractivity contribution in [3.63, 3.8) is 0 Å². The van der Waals surface area contributed by atoms with E-state index in [4.69, 9.17) is 0 Å². The Balaban J connectivity index is 1.71. The Morgan fingerprint density at radius 1 is 1.03 bits per heavy atom. The van der Waals surface area contributed by atoms with Crippen molar-refractivity contribution < 1.29 is 13.2 Å². The fourth-order valence-electron chi connectivity index (χ4n) is 3.72. The second-order valence-corrected chi connectivity index (χ2v) is 10.0. The summed E-state index contributed by atoms with van der Waals surface area (Å²) < 4.78 is 27.9. The maximum atomic E-state index is 12.7. The minimum Gasteiger partial charge on any atom is -0.352 e. The minimum absolute atomic E-state index is 0.00165. The lowest BCUT2D eigenvalue weighted by atomic mass is 10.1. The molecule has 0 saturated heterocycles. The Morgan fingerprint density at radius 3 is 2.31 bits per heavy atom. The lowest BCUT2D eigenvalue weighted by Gasteiger charge is -2.13. The van der Waals surface area contributed by atoms with Crippen LogP contribution in [-0.2, 0) is 21.4 Å². The smallest absolute Gasteiger partial charge is 0.261 e. The highest BCUT2D eigenvalue weighted by Gasteiger charge is 2.60. The van der Waals surface area contributed by atoms with Gasteiger partial charge in [-0.15, -0.1) is 0 Å². The van der Waals surface area contributed by atoms with Crippen LogP contribution in [0.3, 0.4) is 0 Å². The van der Waals surface area contributed by atoms with Crippen LogP contribution in [0.1, 0.15) is 33.3 Å². The van der Waals surface area contributed by atoms with Crippen molar-refractivity contribution in [3.05, 3.63) is 71.8 Å². The Hall–Kier alpha value is -2.60. The first-order chi connectivity index (χ1) is 13.6. The maximum absolute atomic E-state index is 12.7. The number of benzene rings is 2. The molecule has 29 heavy (non-hydrogen) atoms. The number of carbonyl (C=O) groups excluding carboxylic acids is 1. The predicted molar refractivity (Wildman–Crippen MR) is 116 cm³/mol. The van der Waals surface area contributed by atoms with Crippen LogP contribution in [-0.4, -0.2) is 14.3 Å². The van der Waals surface area contributed by atoms with Gasteiger partial charge in [0, 0.05) is 6.54 Å². The number of rotatable bonds is 7. The van der Waals surface area contributed by atoms with E-state index in [2.05, 4.69) is 30.0 Å². The summed E-state index contributed by atoms with van der Waals surface area (Å²) in [6.45, 7) is 8.55. The van der Waals surface area contributed by atoms with Gasteiger partial charge in [-0.25, -0.2) is 8.42 Å². The van der Waals surface area contributed by atoms with Gasteiger partial charge >= 0.3 is 0 Å². The molecular weight excluding hydrogens is 384 g/mol. The average molecular weight is 413 g/mol. The number of para-hydroxylation sites is 1. The Kier molecular flexibility index (Phi) is 5.85. The van der Waals surface area contributed by atoms with Crippen LogP contribution >= 0.6 is 0 Å². The Labute approximate surface area is 173 Å². The van der Waals surface area contributed by atoms with Crippen molar-refractivity contribution in [2.45, 2.75) is 39.1 Å². The van der Waals surface area contributed by atoms with Crippen molar-refractivity contribution in [1.82, 2.24) is 5.32 Å². The van der Waals surface area contributed by atoms with E-state index in [0.29, 0.717) is 5.69 Å². The standard InChI is InChI=1S/C23H28N2O3S/c1-16(2)14-19-21(23(19,3)4)22(26)24-15-17-10-8-9-13-20(17)25-29(27,28)18-11-6-5-7-12-18/h5-14,19,21,25H,15H2,1-4H3,(H,24,26). The third-order valence-electron chi connectivity index (χ3n) is 5.47. The summed E-state index contributed by atoms with van der Waals surface area (Å²) in [6.07, 6.45) is 2.16. The van der Waals surface area contributed by atoms with E-state index in [0.717, 1.165) is 5.56 Å². The first kappa shape index (κ1) is 21.1. The van der Waals surface area contributed by atoms with Crippen molar-refractivity contribution in [2.24, 2.45) is 17.3 Å². The van der Waals surface area contributed by atoms with Gasteiger partial charge in [-0.3, -0.25) is 9.52 Å². The quantitative estimate of drug-likeness (QED) is 0.664. The summed E-state index contributed by atoms with van der Waals surface area (Å²) in [5.41, 5.74) is 2.33. The number of allylic oxidation sites excluding steroid dienone is 2. The summed E-state index contributed by atoms with van der Waals surface area (Å²) in [7, 11) is -3.69. The molecule has 1 fully saturated rings. The highest BCUT2D eigenvalue weighted by molar-refractivity contribution is 7.92. The van der Waals surface area contributed by atoms with Crippen molar-refractivity contribution in [2.75, 3.05) is 4.72 Å². The number of sulfonamides is 1. The van der Waals surface area contributed by atoms with Gasteiger partial charge < -0.3 is 5.32 Å². The molecule has 3 rings (SSSR count). The van der Waals surface area contributed by atoms with Crippen LogP contribution < -0.4 is 10.0 Å². The van der Waals surface area contributed by atoms with Gasteiger partial charge in [0.1, 0.15) is 0 Å². The zero-order valence-electron chi connectivity index (χ0n) is 17.3. The van der Waals surface area contributed by atoms with Crippen LogP contribution in [0.4, 0.5) is 5.69 Å². The third-order valence-corrected chi connectivity index (χ3v) is 6.86. The highest BCUT2D eigenvalue weighted by Crippen LogP contribution is 2.59. The molecule has 2 N–H and O–H groups in total. The maximum Gasteiger partial charge on any atom is 0.261 e. The van der Waals surface area contributed by atoms with Gasteiger partial charge in [0.2, 0.25) is 5.91 Å². The number of nitrogens with one attached hydrogen (secondary N) is 2. The van der Waals surface area contributed by atoms with Crippen LogP contribution in [0.2, 0.25) is 0 Å². The van der Waals surface area contributed by atoms with Crippen molar-refractivity contribution in [1.29, 1.82) is 0 Å². The van der Waals surface area contributed by atoms with E-state index in [-0.39, 0.29) is 34.6 Å². The van der Waals surface area contributed by atoms with Crippen molar-refractivity contribution >= 4 is 21.6 Å². The van der Waals surface area contributed by atoms with Crippen LogP contribution in [0.5, 0.6) is 0 Å². The Bertz CT molecular complexity index is 1020. The number of anilines is 1. The molecule has 2 unspecified atom stereocenters. The lowest BCUT2D eigenvalue weighted by Crippen LogP contribution is -2.27. The van der Waals surface area contributed by atoms with E-state index in [1.807, 2.05) is 26.0 Å². The van der Waals surface area contributed by atoms with Gasteiger partial charge in [-0.1, -0.05) is 61.9 Å². The van der Waals surface area contributed by atoms with E-state index in [1.165, 1.54) is 5.57 Å². The molecule has 2 aromatic rings. The normalized spacial score (nSPS) is 19.9. The zero-order valence-corrected chi connectivity index (χ0v) is 18.1. The molecule has 0 bridgehead atoms. The number of carbonyl (C=O) groups is 1. The van der Waals surface area contributed by atoms with Gasteiger partial charge in [-0.2, -0.15) is 0 Å². The zero-order chi connectivity index (χ0) is 21.2. The molecule has 1 amide bonds. The molecular formula is C23H28N2O3S. The van der Waals surface area contributed by atoms with Crippen LogP contribution in [0, 0.1) is 17.3 Å². The number of hydrogen-bond acceptors (Lipinski definition) is 3. The predicted octanol–water partition coefficient (Wildman–Crippen LogP) is 4.34. The second-order valence-electron chi connectivity index (χ2n) is 8.36. The summed E-state index contributed by atoms with van der Waals surface area (Å²) in [5.74, 6) is 0.170. The number of hydrogen-bond donors (Lipinski definition) is 2. The molecule has 1 saturated carbocycles. The molecule has 2 aromatic carbocycles.